The number of halogens is 1. The molecule has 0 spiro atoms. The molecule has 3 nitrogen and oxygen atoms in total. The van der Waals surface area contributed by atoms with E-state index in [1.165, 1.54) is 0 Å². The quantitative estimate of drug-likeness (QED) is 0.863. The average molecular weight is 309 g/mol. The number of H-pyrrole nitrogens is 1. The van der Waals surface area contributed by atoms with Crippen LogP contribution >= 0.6 is 23.4 Å². The van der Waals surface area contributed by atoms with Crippen LogP contribution in [0.3, 0.4) is 0 Å². The van der Waals surface area contributed by atoms with Crippen molar-refractivity contribution in [1.82, 2.24) is 9.97 Å². The summed E-state index contributed by atoms with van der Waals surface area (Å²) in [6.45, 7) is 5.88. The molecule has 1 aromatic carbocycles. The zero-order chi connectivity index (χ0) is 14.7. The Labute approximate surface area is 127 Å². The molecule has 0 bridgehead atoms. The maximum absolute atomic E-state index is 12.0. The fourth-order valence-corrected chi connectivity index (χ4v) is 3.22. The first-order valence-electron chi connectivity index (χ1n) is 6.46. The first-order valence-corrected chi connectivity index (χ1v) is 7.82. The fourth-order valence-electron chi connectivity index (χ4n) is 2.11. The van der Waals surface area contributed by atoms with Crippen LogP contribution in [0.4, 0.5) is 0 Å². The van der Waals surface area contributed by atoms with Gasteiger partial charge in [-0.1, -0.05) is 37.6 Å². The predicted molar refractivity (Wildman–Crippen MR) is 84.7 cm³/mol. The smallest absolute Gasteiger partial charge is 0.254 e. The Balaban J connectivity index is 2.20. The molecule has 0 saturated carbocycles. The summed E-state index contributed by atoms with van der Waals surface area (Å²) in [6.07, 6.45) is 0. The van der Waals surface area contributed by atoms with Gasteiger partial charge in [-0.3, -0.25) is 4.79 Å². The molecule has 1 heterocycles. The third-order valence-electron chi connectivity index (χ3n) is 2.97. The predicted octanol–water partition coefficient (Wildman–Crippen LogP) is 4.15. The summed E-state index contributed by atoms with van der Waals surface area (Å²) in [5.74, 6) is 1.45. The second kappa shape index (κ2) is 6.46. The van der Waals surface area contributed by atoms with Crippen molar-refractivity contribution in [3.63, 3.8) is 0 Å². The Morgan fingerprint density at radius 3 is 2.65 bits per heavy atom. The summed E-state index contributed by atoms with van der Waals surface area (Å²) in [5, 5.41) is 0.718. The van der Waals surface area contributed by atoms with Gasteiger partial charge in [-0.15, -0.1) is 11.8 Å². The molecule has 0 amide bonds. The lowest BCUT2D eigenvalue weighted by atomic mass is 10.0. The molecule has 0 atom stereocenters. The number of hydrogen-bond donors (Lipinski definition) is 1. The van der Waals surface area contributed by atoms with Crippen molar-refractivity contribution >= 4 is 23.4 Å². The van der Waals surface area contributed by atoms with Gasteiger partial charge in [0.15, 0.2) is 0 Å². The lowest BCUT2D eigenvalue weighted by molar-refractivity contribution is 0.799. The standard InChI is InChI=1S/C15H17ClN2OS/c1-9(2)14-10(3)17-13(18-15(14)19)8-20-12-7-5-4-6-11(12)16/h4-7,9H,8H2,1-3H3,(H,17,18,19). The number of thioether (sulfide) groups is 1. The van der Waals surface area contributed by atoms with E-state index < -0.39 is 0 Å². The number of nitrogens with zero attached hydrogens (tertiary/aromatic N) is 1. The van der Waals surface area contributed by atoms with Gasteiger partial charge in [0.1, 0.15) is 5.82 Å². The van der Waals surface area contributed by atoms with E-state index in [2.05, 4.69) is 9.97 Å². The Morgan fingerprint density at radius 2 is 2.05 bits per heavy atom. The molecule has 0 aliphatic heterocycles. The summed E-state index contributed by atoms with van der Waals surface area (Å²) in [5.41, 5.74) is 1.53. The highest BCUT2D eigenvalue weighted by molar-refractivity contribution is 7.98. The van der Waals surface area contributed by atoms with Gasteiger partial charge in [0.25, 0.3) is 5.56 Å². The summed E-state index contributed by atoms with van der Waals surface area (Å²) in [4.78, 5) is 20.4. The van der Waals surface area contributed by atoms with Crippen molar-refractivity contribution in [1.29, 1.82) is 0 Å². The lowest BCUT2D eigenvalue weighted by Gasteiger charge is -2.10. The van der Waals surface area contributed by atoms with Crippen LogP contribution in [0, 0.1) is 6.92 Å². The van der Waals surface area contributed by atoms with Crippen molar-refractivity contribution in [2.24, 2.45) is 0 Å². The monoisotopic (exact) mass is 308 g/mol. The summed E-state index contributed by atoms with van der Waals surface area (Å²) in [6, 6.07) is 7.65. The molecule has 0 radical (unpaired) electrons. The normalized spacial score (nSPS) is 11.1. The highest BCUT2D eigenvalue weighted by atomic mass is 35.5. The molecule has 106 valence electrons. The number of aromatic nitrogens is 2. The van der Waals surface area contributed by atoms with Gasteiger partial charge >= 0.3 is 0 Å². The van der Waals surface area contributed by atoms with Gasteiger partial charge in [-0.25, -0.2) is 4.98 Å². The van der Waals surface area contributed by atoms with Gasteiger partial charge in [0.05, 0.1) is 10.8 Å². The molecule has 20 heavy (non-hydrogen) atoms. The van der Waals surface area contributed by atoms with Crippen molar-refractivity contribution in [2.45, 2.75) is 37.3 Å². The van der Waals surface area contributed by atoms with E-state index >= 15 is 0 Å². The van der Waals surface area contributed by atoms with Crippen LogP contribution in [0.15, 0.2) is 34.0 Å². The van der Waals surface area contributed by atoms with Crippen molar-refractivity contribution in [3.8, 4) is 0 Å². The minimum atomic E-state index is -0.0396. The van der Waals surface area contributed by atoms with E-state index in [0.29, 0.717) is 11.6 Å². The van der Waals surface area contributed by atoms with Gasteiger partial charge in [-0.05, 0) is 25.0 Å². The van der Waals surface area contributed by atoms with Crippen LogP contribution in [-0.4, -0.2) is 9.97 Å². The van der Waals surface area contributed by atoms with Crippen LogP contribution in [0.1, 0.15) is 36.8 Å². The van der Waals surface area contributed by atoms with E-state index in [1.54, 1.807) is 11.8 Å². The first kappa shape index (κ1) is 15.1. The van der Waals surface area contributed by atoms with Gasteiger partial charge in [0.2, 0.25) is 0 Å². The second-order valence-electron chi connectivity index (χ2n) is 4.89. The van der Waals surface area contributed by atoms with E-state index in [0.717, 1.165) is 21.2 Å². The van der Waals surface area contributed by atoms with Crippen LogP contribution in [0.2, 0.25) is 5.02 Å². The third kappa shape index (κ3) is 3.44. The van der Waals surface area contributed by atoms with Crippen LogP contribution in [0.25, 0.3) is 0 Å². The zero-order valence-electron chi connectivity index (χ0n) is 11.7. The van der Waals surface area contributed by atoms with E-state index in [9.17, 15) is 4.79 Å². The molecule has 1 aromatic heterocycles. The molecule has 0 unspecified atom stereocenters. The highest BCUT2D eigenvalue weighted by Gasteiger charge is 2.12. The van der Waals surface area contributed by atoms with Crippen LogP contribution < -0.4 is 5.56 Å². The van der Waals surface area contributed by atoms with Crippen molar-refractivity contribution in [3.05, 3.63) is 56.7 Å². The van der Waals surface area contributed by atoms with Crippen LogP contribution in [0.5, 0.6) is 0 Å². The lowest BCUT2D eigenvalue weighted by Crippen LogP contribution is -2.19. The van der Waals surface area contributed by atoms with Gasteiger partial charge in [0, 0.05) is 16.2 Å². The van der Waals surface area contributed by atoms with Crippen molar-refractivity contribution in [2.75, 3.05) is 0 Å². The number of aryl methyl sites for hydroxylation is 1. The largest absolute Gasteiger partial charge is 0.310 e. The number of aromatic amines is 1. The fraction of sp³-hybridized carbons (Fsp3) is 0.333. The molecular weight excluding hydrogens is 292 g/mol. The SMILES string of the molecule is Cc1nc(CSc2ccccc2Cl)[nH]c(=O)c1C(C)C. The first-order chi connectivity index (χ1) is 9.49. The molecule has 0 fully saturated rings. The Bertz CT molecular complexity index is 667. The molecule has 5 heteroatoms. The minimum absolute atomic E-state index is 0.0396. The Hall–Kier alpha value is -1.26. The summed E-state index contributed by atoms with van der Waals surface area (Å²) < 4.78 is 0. The van der Waals surface area contributed by atoms with E-state index in [4.69, 9.17) is 11.6 Å². The third-order valence-corrected chi connectivity index (χ3v) is 4.50. The highest BCUT2D eigenvalue weighted by Crippen LogP contribution is 2.28. The molecular formula is C15H17ClN2OS. The molecule has 2 rings (SSSR count). The Morgan fingerprint density at radius 1 is 1.35 bits per heavy atom. The van der Waals surface area contributed by atoms with E-state index in [-0.39, 0.29) is 11.5 Å². The average Bonchev–Trinajstić information content (AvgIpc) is 2.36. The second-order valence-corrected chi connectivity index (χ2v) is 6.31. The van der Waals surface area contributed by atoms with Crippen molar-refractivity contribution < 1.29 is 0 Å². The van der Waals surface area contributed by atoms with Crippen LogP contribution in [-0.2, 0) is 5.75 Å². The summed E-state index contributed by atoms with van der Waals surface area (Å²) in [7, 11) is 0. The molecule has 0 aliphatic carbocycles. The van der Waals surface area contributed by atoms with Gasteiger partial charge in [-0.2, -0.15) is 0 Å². The zero-order valence-corrected chi connectivity index (χ0v) is 13.3. The summed E-state index contributed by atoms with van der Waals surface area (Å²) >= 11 is 7.67. The van der Waals surface area contributed by atoms with Gasteiger partial charge < -0.3 is 4.98 Å². The van der Waals surface area contributed by atoms with E-state index in [1.807, 2.05) is 45.0 Å². The number of nitrogens with one attached hydrogen (secondary N) is 1. The number of benzene rings is 1. The Kier molecular flexibility index (Phi) is 4.89. The molecule has 2 aromatic rings. The maximum Gasteiger partial charge on any atom is 0.254 e. The number of hydrogen-bond acceptors (Lipinski definition) is 3. The maximum atomic E-state index is 12.0. The molecule has 1 N–H and O–H groups in total. The topological polar surface area (TPSA) is 45.8 Å². The molecule has 0 aliphatic rings. The number of rotatable bonds is 4. The molecule has 0 saturated heterocycles. The minimum Gasteiger partial charge on any atom is -0.310 e.